The Morgan fingerprint density at radius 3 is 2.19 bits per heavy atom. The third-order valence-corrected chi connectivity index (χ3v) is 7.82. The first-order chi connectivity index (χ1) is 22.7. The monoisotopic (exact) mass is 634 g/mol. The highest BCUT2D eigenvalue weighted by Crippen LogP contribution is 2.33. The lowest BCUT2D eigenvalue weighted by atomic mass is 10.0. The summed E-state index contributed by atoms with van der Waals surface area (Å²) in [5, 5.41) is 7.03. The predicted octanol–water partition coefficient (Wildman–Crippen LogP) is 7.08. The van der Waals surface area contributed by atoms with E-state index in [4.69, 9.17) is 9.51 Å². The van der Waals surface area contributed by atoms with Crippen molar-refractivity contribution in [2.24, 2.45) is 0 Å². The second-order valence-electron chi connectivity index (χ2n) is 11.0. The molecule has 0 fully saturated rings. The number of aromatic nitrogens is 5. The van der Waals surface area contributed by atoms with E-state index in [1.54, 1.807) is 28.2 Å². The summed E-state index contributed by atoms with van der Waals surface area (Å²) in [4.78, 5) is 36.6. The number of anilines is 1. The second-order valence-corrected chi connectivity index (χ2v) is 11.0. The van der Waals surface area contributed by atoms with Crippen LogP contribution in [0.4, 0.5) is 19.0 Å². The van der Waals surface area contributed by atoms with E-state index in [1.807, 2.05) is 60.7 Å². The van der Waals surface area contributed by atoms with Crippen LogP contribution in [-0.4, -0.2) is 30.2 Å². The third kappa shape index (κ3) is 5.76. The quantitative estimate of drug-likeness (QED) is 0.201. The molecule has 0 unspecified atom stereocenters. The van der Waals surface area contributed by atoms with Gasteiger partial charge in [-0.3, -0.25) is 13.9 Å². The summed E-state index contributed by atoms with van der Waals surface area (Å²) in [6.07, 6.45) is -4.56. The van der Waals surface area contributed by atoms with Crippen LogP contribution in [0.1, 0.15) is 32.7 Å². The molecule has 7 rings (SSSR count). The largest absolute Gasteiger partial charge is 0.416 e. The van der Waals surface area contributed by atoms with Gasteiger partial charge < -0.3 is 9.84 Å². The molecule has 1 amide bonds. The number of carbonyl (C=O) groups excluding carboxylic acids is 1. The summed E-state index contributed by atoms with van der Waals surface area (Å²) in [6, 6.07) is 28.5. The molecular weight excluding hydrogens is 609 g/mol. The summed E-state index contributed by atoms with van der Waals surface area (Å²) in [7, 11) is 0. The van der Waals surface area contributed by atoms with Crippen LogP contribution in [0.15, 0.2) is 112 Å². The predicted molar refractivity (Wildman–Crippen MR) is 170 cm³/mol. The molecule has 9 nitrogen and oxygen atoms in total. The van der Waals surface area contributed by atoms with Crippen molar-refractivity contribution in [3.63, 3.8) is 0 Å². The van der Waals surface area contributed by atoms with Gasteiger partial charge in [0.15, 0.2) is 5.65 Å². The molecule has 0 aliphatic heterocycles. The Balaban J connectivity index is 1.29. The molecule has 4 heterocycles. The Bertz CT molecular complexity index is 2330. The molecule has 0 radical (unpaired) electrons. The van der Waals surface area contributed by atoms with Gasteiger partial charge in [0, 0.05) is 5.56 Å². The van der Waals surface area contributed by atoms with Crippen LogP contribution in [-0.2, 0) is 19.3 Å². The van der Waals surface area contributed by atoms with Crippen molar-refractivity contribution >= 4 is 34.0 Å². The molecule has 0 saturated carbocycles. The minimum absolute atomic E-state index is 0.000612. The van der Waals surface area contributed by atoms with Gasteiger partial charge >= 0.3 is 11.9 Å². The van der Waals surface area contributed by atoms with E-state index in [9.17, 15) is 22.8 Å². The maximum atomic E-state index is 13.8. The number of carbonyl (C=O) groups is 1. The average Bonchev–Trinajstić information content (AvgIpc) is 3.57. The SMILES string of the molecule is Cc1noc2nc(-c3cccc(C(F)(F)F)c3)cc(C(=O)Nc3ccc4c(n3)n(Cc3ccccc3)c(=O)n4Cc3ccccc3)c12. The van der Waals surface area contributed by atoms with Crippen molar-refractivity contribution in [1.82, 2.24) is 24.3 Å². The molecule has 7 aromatic rings. The number of pyridine rings is 2. The highest BCUT2D eigenvalue weighted by Gasteiger charge is 2.31. The fraction of sp³-hybridized carbons (Fsp3) is 0.114. The fourth-order valence-electron chi connectivity index (χ4n) is 5.55. The molecular formula is C35H25F3N6O3. The van der Waals surface area contributed by atoms with Gasteiger partial charge in [-0.25, -0.2) is 14.8 Å². The number of fused-ring (bicyclic) bond motifs is 2. The Morgan fingerprint density at radius 1 is 0.830 bits per heavy atom. The fourth-order valence-corrected chi connectivity index (χ4v) is 5.55. The number of amides is 1. The number of hydrogen-bond acceptors (Lipinski definition) is 6. The van der Waals surface area contributed by atoms with Gasteiger partial charge in [-0.05, 0) is 48.4 Å². The summed E-state index contributed by atoms with van der Waals surface area (Å²) in [6.45, 7) is 2.22. The molecule has 0 bridgehead atoms. The van der Waals surface area contributed by atoms with Gasteiger partial charge in [-0.1, -0.05) is 78.0 Å². The van der Waals surface area contributed by atoms with Crippen molar-refractivity contribution in [1.29, 1.82) is 0 Å². The number of alkyl halides is 3. The minimum atomic E-state index is -4.56. The number of benzene rings is 3. The van der Waals surface area contributed by atoms with Crippen LogP contribution in [0.3, 0.4) is 0 Å². The first kappa shape index (κ1) is 29.7. The molecule has 0 atom stereocenters. The molecule has 0 spiro atoms. The van der Waals surface area contributed by atoms with Crippen LogP contribution in [0.2, 0.25) is 0 Å². The lowest BCUT2D eigenvalue weighted by Gasteiger charge is -2.11. The van der Waals surface area contributed by atoms with Crippen LogP contribution in [0.25, 0.3) is 33.5 Å². The number of rotatable bonds is 7. The highest BCUT2D eigenvalue weighted by atomic mass is 19.4. The van der Waals surface area contributed by atoms with Crippen LogP contribution < -0.4 is 11.0 Å². The Morgan fingerprint density at radius 2 is 1.51 bits per heavy atom. The van der Waals surface area contributed by atoms with Gasteiger partial charge in [0.1, 0.15) is 5.82 Å². The average molecular weight is 635 g/mol. The summed E-state index contributed by atoms with van der Waals surface area (Å²) in [5.41, 5.74) is 2.40. The zero-order valence-electron chi connectivity index (χ0n) is 24.8. The smallest absolute Gasteiger partial charge is 0.335 e. The Labute approximate surface area is 264 Å². The number of nitrogens with zero attached hydrogens (tertiary/aromatic N) is 5. The number of imidazole rings is 1. The van der Waals surface area contributed by atoms with Crippen LogP contribution in [0, 0.1) is 6.92 Å². The van der Waals surface area contributed by atoms with E-state index in [2.05, 4.69) is 15.5 Å². The molecule has 234 valence electrons. The molecule has 47 heavy (non-hydrogen) atoms. The number of hydrogen-bond donors (Lipinski definition) is 1. The van der Waals surface area contributed by atoms with Crippen LogP contribution >= 0.6 is 0 Å². The van der Waals surface area contributed by atoms with Gasteiger partial charge in [0.05, 0.1) is 46.5 Å². The molecule has 3 aromatic carbocycles. The molecule has 4 aromatic heterocycles. The minimum Gasteiger partial charge on any atom is -0.335 e. The normalized spacial score (nSPS) is 11.7. The first-order valence-electron chi connectivity index (χ1n) is 14.6. The number of nitrogens with one attached hydrogen (secondary N) is 1. The van der Waals surface area contributed by atoms with Gasteiger partial charge in [0.25, 0.3) is 11.6 Å². The highest BCUT2D eigenvalue weighted by molar-refractivity contribution is 6.12. The van der Waals surface area contributed by atoms with Crippen molar-refractivity contribution in [3.8, 4) is 11.3 Å². The topological polar surface area (TPSA) is 108 Å². The van der Waals surface area contributed by atoms with Gasteiger partial charge in [-0.2, -0.15) is 13.2 Å². The van der Waals surface area contributed by atoms with E-state index in [0.717, 1.165) is 23.3 Å². The summed E-state index contributed by atoms with van der Waals surface area (Å²) < 4.78 is 48.9. The number of halogens is 3. The van der Waals surface area contributed by atoms with Crippen molar-refractivity contribution in [2.45, 2.75) is 26.2 Å². The van der Waals surface area contributed by atoms with Gasteiger partial charge in [-0.15, -0.1) is 0 Å². The molecule has 0 aliphatic carbocycles. The summed E-state index contributed by atoms with van der Waals surface area (Å²) in [5.74, 6) is -0.440. The molecule has 12 heteroatoms. The zero-order chi connectivity index (χ0) is 32.7. The van der Waals surface area contributed by atoms with Gasteiger partial charge in [0.2, 0.25) is 0 Å². The van der Waals surface area contributed by atoms with Crippen molar-refractivity contribution in [2.75, 3.05) is 5.32 Å². The van der Waals surface area contributed by atoms with E-state index in [1.165, 1.54) is 18.2 Å². The lowest BCUT2D eigenvalue weighted by molar-refractivity contribution is -0.137. The van der Waals surface area contributed by atoms with E-state index < -0.39 is 17.6 Å². The van der Waals surface area contributed by atoms with E-state index >= 15 is 0 Å². The third-order valence-electron chi connectivity index (χ3n) is 7.82. The van der Waals surface area contributed by atoms with Crippen molar-refractivity contribution < 1.29 is 22.5 Å². The van der Waals surface area contributed by atoms with E-state index in [0.29, 0.717) is 28.8 Å². The lowest BCUT2D eigenvalue weighted by Crippen LogP contribution is -2.25. The number of aryl methyl sites for hydroxylation is 1. The maximum absolute atomic E-state index is 13.8. The Hall–Kier alpha value is -6.04. The second kappa shape index (κ2) is 11.7. The molecule has 0 aliphatic rings. The van der Waals surface area contributed by atoms with E-state index in [-0.39, 0.29) is 40.6 Å². The van der Waals surface area contributed by atoms with Crippen molar-refractivity contribution in [3.05, 3.63) is 142 Å². The maximum Gasteiger partial charge on any atom is 0.416 e. The zero-order valence-corrected chi connectivity index (χ0v) is 24.8. The first-order valence-corrected chi connectivity index (χ1v) is 14.6. The summed E-state index contributed by atoms with van der Waals surface area (Å²) >= 11 is 0. The molecule has 1 N–H and O–H groups in total. The standard InChI is InChI=1S/C35H25F3N6O3/c1-21-30-26(18-27(39-33(30)47-42-21)24-13-8-14-25(17-24)35(36,37)38)32(45)41-29-16-15-28-31(40-29)44(20-23-11-6-3-7-12-23)34(46)43(28)19-22-9-4-2-5-10-22/h2-18H,19-20H2,1H3,(H,40,41,45). The van der Waals surface area contributed by atoms with Crippen LogP contribution in [0.5, 0.6) is 0 Å². The Kier molecular flexibility index (Phi) is 7.39. The molecule has 0 saturated heterocycles.